The fourth-order valence-corrected chi connectivity index (χ4v) is 3.67. The highest BCUT2D eigenvalue weighted by Crippen LogP contribution is 2.24. The lowest BCUT2D eigenvalue weighted by Gasteiger charge is -2.13. The molecule has 3 aromatic carbocycles. The average Bonchev–Trinajstić information content (AvgIpc) is 2.78. The van der Waals surface area contributed by atoms with E-state index in [-0.39, 0.29) is 11.0 Å². The summed E-state index contributed by atoms with van der Waals surface area (Å²) < 4.78 is 10.8. The Morgan fingerprint density at radius 3 is 2.59 bits per heavy atom. The minimum absolute atomic E-state index is 0.126. The van der Waals surface area contributed by atoms with Gasteiger partial charge in [-0.25, -0.2) is 4.79 Å². The molecule has 0 fully saturated rings. The maximum Gasteiger partial charge on any atom is 0.344 e. The normalized spacial score (nSPS) is 10.6. The van der Waals surface area contributed by atoms with Crippen molar-refractivity contribution >= 4 is 39.9 Å². The van der Waals surface area contributed by atoms with Gasteiger partial charge in [-0.15, -0.1) is 0 Å². The zero-order valence-electron chi connectivity index (χ0n) is 17.5. The van der Waals surface area contributed by atoms with Gasteiger partial charge in [0.05, 0.1) is 18.2 Å². The Hall–Kier alpha value is -3.97. The molecule has 1 aromatic heterocycles. The number of hydrogen-bond donors (Lipinski definition) is 2. The van der Waals surface area contributed by atoms with Crippen molar-refractivity contribution in [3.63, 3.8) is 0 Å². The van der Waals surface area contributed by atoms with Gasteiger partial charge in [0.1, 0.15) is 11.3 Å². The Bertz CT molecular complexity index is 1390. The van der Waals surface area contributed by atoms with E-state index in [0.29, 0.717) is 33.7 Å². The van der Waals surface area contributed by atoms with E-state index >= 15 is 0 Å². The summed E-state index contributed by atoms with van der Waals surface area (Å²) in [5.41, 5.74) is 3.07. The van der Waals surface area contributed by atoms with E-state index in [2.05, 4.69) is 10.6 Å². The summed E-state index contributed by atoms with van der Waals surface area (Å²) in [5, 5.41) is 6.61. The molecule has 0 radical (unpaired) electrons. The first-order valence-electron chi connectivity index (χ1n) is 9.85. The number of amides is 1. The first-order valence-corrected chi connectivity index (χ1v) is 10.3. The second-order valence-electron chi connectivity index (χ2n) is 7.13. The Labute approximate surface area is 189 Å². The highest BCUT2D eigenvalue weighted by Gasteiger charge is 2.15. The molecule has 0 bridgehead atoms. The SMILES string of the molecule is COc1c(C)cccc1C(=O)NC(=S)Nc1cccc(-c2cc3ccccc3oc2=O)c1. The number of para-hydroxylation sites is 2. The number of benzene rings is 3. The molecule has 0 aliphatic heterocycles. The topological polar surface area (TPSA) is 80.6 Å². The summed E-state index contributed by atoms with van der Waals surface area (Å²) in [4.78, 5) is 25.1. The largest absolute Gasteiger partial charge is 0.496 e. The summed E-state index contributed by atoms with van der Waals surface area (Å²) in [6, 6.07) is 21.6. The standard InChI is InChI=1S/C25H20N2O4S/c1-15-7-5-11-19(22(15)30-2)23(28)27-25(32)26-18-10-6-9-16(13-18)20-14-17-8-3-4-12-21(17)31-24(20)29/h3-14H,1-2H3,(H2,26,27,28,32). The molecule has 6 nitrogen and oxygen atoms in total. The molecular formula is C25H20N2O4S. The Kier molecular flexibility index (Phi) is 6.00. The molecule has 4 rings (SSSR count). The van der Waals surface area contributed by atoms with Crippen LogP contribution in [0.5, 0.6) is 5.75 Å². The smallest absolute Gasteiger partial charge is 0.344 e. The first kappa shape index (κ1) is 21.3. The Morgan fingerprint density at radius 1 is 1.00 bits per heavy atom. The summed E-state index contributed by atoms with van der Waals surface area (Å²) >= 11 is 5.31. The lowest BCUT2D eigenvalue weighted by Crippen LogP contribution is -2.34. The van der Waals surface area contributed by atoms with E-state index in [0.717, 1.165) is 10.9 Å². The third-order valence-corrected chi connectivity index (χ3v) is 5.16. The summed E-state index contributed by atoms with van der Waals surface area (Å²) in [6.45, 7) is 1.86. The van der Waals surface area contributed by atoms with Crippen molar-refractivity contribution in [3.05, 3.63) is 94.3 Å². The molecule has 7 heteroatoms. The van der Waals surface area contributed by atoms with Crippen LogP contribution in [-0.4, -0.2) is 18.1 Å². The van der Waals surface area contributed by atoms with E-state index in [1.807, 2.05) is 37.3 Å². The molecule has 0 spiro atoms. The van der Waals surface area contributed by atoms with Crippen LogP contribution in [0.4, 0.5) is 5.69 Å². The highest BCUT2D eigenvalue weighted by molar-refractivity contribution is 7.80. The number of carbonyl (C=O) groups is 1. The van der Waals surface area contributed by atoms with Crippen molar-refractivity contribution in [1.82, 2.24) is 5.32 Å². The van der Waals surface area contributed by atoms with Crippen molar-refractivity contribution in [2.45, 2.75) is 6.92 Å². The monoisotopic (exact) mass is 444 g/mol. The quantitative estimate of drug-likeness (QED) is 0.344. The van der Waals surface area contributed by atoms with Gasteiger partial charge in [-0.2, -0.15) is 0 Å². The molecule has 2 N–H and O–H groups in total. The molecule has 0 aliphatic rings. The maximum absolute atomic E-state index is 12.7. The molecular weight excluding hydrogens is 424 g/mol. The van der Waals surface area contributed by atoms with E-state index < -0.39 is 5.63 Å². The lowest BCUT2D eigenvalue weighted by molar-refractivity contribution is 0.0974. The second-order valence-corrected chi connectivity index (χ2v) is 7.54. The molecule has 0 atom stereocenters. The Balaban J connectivity index is 1.54. The molecule has 4 aromatic rings. The molecule has 32 heavy (non-hydrogen) atoms. The van der Waals surface area contributed by atoms with E-state index in [1.165, 1.54) is 7.11 Å². The van der Waals surface area contributed by atoms with Gasteiger partial charge >= 0.3 is 5.63 Å². The minimum atomic E-state index is -0.428. The van der Waals surface area contributed by atoms with Crippen molar-refractivity contribution in [3.8, 4) is 16.9 Å². The average molecular weight is 445 g/mol. The van der Waals surface area contributed by atoms with Crippen LogP contribution in [0.15, 0.2) is 82.0 Å². The zero-order valence-corrected chi connectivity index (χ0v) is 18.3. The lowest BCUT2D eigenvalue weighted by atomic mass is 10.1. The third-order valence-electron chi connectivity index (χ3n) is 4.96. The van der Waals surface area contributed by atoms with Crippen molar-refractivity contribution in [2.75, 3.05) is 12.4 Å². The van der Waals surface area contributed by atoms with Crippen molar-refractivity contribution in [2.24, 2.45) is 0 Å². The number of methoxy groups -OCH3 is 1. The molecule has 0 saturated carbocycles. The van der Waals surface area contributed by atoms with Crippen molar-refractivity contribution in [1.29, 1.82) is 0 Å². The molecule has 1 heterocycles. The number of ether oxygens (including phenoxy) is 1. The number of hydrogen-bond acceptors (Lipinski definition) is 5. The van der Waals surface area contributed by atoms with Crippen LogP contribution in [0.2, 0.25) is 0 Å². The number of nitrogens with one attached hydrogen (secondary N) is 2. The number of aryl methyl sites for hydroxylation is 1. The second kappa shape index (κ2) is 9.03. The number of carbonyl (C=O) groups excluding carboxylic acids is 1. The van der Waals surface area contributed by atoms with Gasteiger partial charge in [0.2, 0.25) is 0 Å². The van der Waals surface area contributed by atoms with Gasteiger partial charge in [0.25, 0.3) is 5.91 Å². The molecule has 0 aliphatic carbocycles. The summed E-state index contributed by atoms with van der Waals surface area (Å²) in [5.74, 6) is 0.118. The van der Waals surface area contributed by atoms with Crippen LogP contribution < -0.4 is 21.0 Å². The van der Waals surface area contributed by atoms with Crippen LogP contribution in [0, 0.1) is 6.92 Å². The molecule has 1 amide bonds. The third kappa shape index (κ3) is 4.38. The van der Waals surface area contributed by atoms with Gasteiger partial charge in [-0.05, 0) is 60.6 Å². The minimum Gasteiger partial charge on any atom is -0.496 e. The first-order chi connectivity index (χ1) is 15.5. The van der Waals surface area contributed by atoms with Crippen LogP contribution >= 0.6 is 12.2 Å². The van der Waals surface area contributed by atoms with Crippen LogP contribution in [0.25, 0.3) is 22.1 Å². The molecule has 160 valence electrons. The highest BCUT2D eigenvalue weighted by atomic mass is 32.1. The fraction of sp³-hybridized carbons (Fsp3) is 0.0800. The predicted octanol–water partition coefficient (Wildman–Crippen LogP) is 4.90. The van der Waals surface area contributed by atoms with Crippen molar-refractivity contribution < 1.29 is 13.9 Å². The summed E-state index contributed by atoms with van der Waals surface area (Å²) in [6.07, 6.45) is 0. The van der Waals surface area contributed by atoms with Crippen LogP contribution in [-0.2, 0) is 0 Å². The van der Waals surface area contributed by atoms with E-state index in [1.54, 1.807) is 42.5 Å². The van der Waals surface area contributed by atoms with E-state index in [9.17, 15) is 9.59 Å². The number of anilines is 1. The maximum atomic E-state index is 12.7. The molecule has 0 saturated heterocycles. The number of fused-ring (bicyclic) bond motifs is 1. The van der Waals surface area contributed by atoms with Crippen LogP contribution in [0.3, 0.4) is 0 Å². The van der Waals surface area contributed by atoms with Gasteiger partial charge in [0.15, 0.2) is 5.11 Å². The number of rotatable bonds is 4. The zero-order chi connectivity index (χ0) is 22.7. The summed E-state index contributed by atoms with van der Waals surface area (Å²) in [7, 11) is 1.52. The van der Waals surface area contributed by atoms with Gasteiger partial charge < -0.3 is 14.5 Å². The van der Waals surface area contributed by atoms with Gasteiger partial charge in [0, 0.05) is 11.1 Å². The fourth-order valence-electron chi connectivity index (χ4n) is 3.46. The Morgan fingerprint density at radius 2 is 1.78 bits per heavy atom. The van der Waals surface area contributed by atoms with Crippen LogP contribution in [0.1, 0.15) is 15.9 Å². The predicted molar refractivity (Wildman–Crippen MR) is 129 cm³/mol. The van der Waals surface area contributed by atoms with E-state index in [4.69, 9.17) is 21.4 Å². The molecule has 0 unspecified atom stereocenters. The van der Waals surface area contributed by atoms with Gasteiger partial charge in [-0.3, -0.25) is 10.1 Å². The number of thiocarbonyl (C=S) groups is 1. The van der Waals surface area contributed by atoms with Gasteiger partial charge in [-0.1, -0.05) is 42.5 Å².